The number of aryl methyl sites for hydroxylation is 1. The van der Waals surface area contributed by atoms with E-state index in [1.54, 1.807) is 19.1 Å². The van der Waals surface area contributed by atoms with Crippen LogP contribution in [0.5, 0.6) is 0 Å². The first-order valence-electron chi connectivity index (χ1n) is 4.73. The highest BCUT2D eigenvalue weighted by molar-refractivity contribution is 6.03. The van der Waals surface area contributed by atoms with Crippen molar-refractivity contribution in [2.75, 3.05) is 5.32 Å². The van der Waals surface area contributed by atoms with Crippen molar-refractivity contribution in [3.8, 4) is 0 Å². The number of halogens is 1. The molecule has 1 heterocycles. The smallest absolute Gasteiger partial charge is 0.259 e. The molecule has 2 rings (SSSR count). The average Bonchev–Trinajstić information content (AvgIpc) is 2.70. The van der Waals surface area contributed by atoms with Crippen molar-refractivity contribution in [1.29, 1.82) is 0 Å². The minimum atomic E-state index is -0.531. The SMILES string of the molecule is Cc1ccc(C(=O)Nc2ccn[nH]2)c(F)c1. The third-order valence-corrected chi connectivity index (χ3v) is 2.12. The van der Waals surface area contributed by atoms with Gasteiger partial charge in [-0.05, 0) is 24.6 Å². The molecule has 5 heteroatoms. The Morgan fingerprint density at radius 3 is 2.88 bits per heavy atom. The Balaban J connectivity index is 2.21. The van der Waals surface area contributed by atoms with Gasteiger partial charge in [-0.25, -0.2) is 4.39 Å². The molecule has 0 aliphatic heterocycles. The molecule has 0 saturated heterocycles. The van der Waals surface area contributed by atoms with Crippen molar-refractivity contribution in [3.05, 3.63) is 47.4 Å². The number of rotatable bonds is 2. The topological polar surface area (TPSA) is 57.8 Å². The Kier molecular flexibility index (Phi) is 2.68. The molecule has 0 radical (unpaired) electrons. The van der Waals surface area contributed by atoms with Crippen LogP contribution in [0.3, 0.4) is 0 Å². The molecule has 0 bridgehead atoms. The summed E-state index contributed by atoms with van der Waals surface area (Å²) in [5.41, 5.74) is 0.788. The molecule has 1 aromatic carbocycles. The number of H-pyrrole nitrogens is 1. The van der Waals surface area contributed by atoms with Gasteiger partial charge in [0.2, 0.25) is 0 Å². The maximum absolute atomic E-state index is 13.4. The summed E-state index contributed by atoms with van der Waals surface area (Å²) in [6, 6.07) is 6.05. The maximum atomic E-state index is 13.4. The number of carbonyl (C=O) groups excluding carboxylic acids is 1. The highest BCUT2D eigenvalue weighted by Crippen LogP contribution is 2.11. The second-order valence-electron chi connectivity index (χ2n) is 3.41. The Morgan fingerprint density at radius 2 is 2.25 bits per heavy atom. The number of nitrogens with one attached hydrogen (secondary N) is 2. The summed E-state index contributed by atoms with van der Waals surface area (Å²) in [6.07, 6.45) is 1.50. The number of aromatic amines is 1. The lowest BCUT2D eigenvalue weighted by Gasteiger charge is -2.04. The normalized spacial score (nSPS) is 10.1. The van der Waals surface area contributed by atoms with E-state index in [4.69, 9.17) is 0 Å². The summed E-state index contributed by atoms with van der Waals surface area (Å²) in [4.78, 5) is 11.6. The van der Waals surface area contributed by atoms with Gasteiger partial charge in [0.25, 0.3) is 5.91 Å². The zero-order chi connectivity index (χ0) is 11.5. The molecule has 0 atom stereocenters. The highest BCUT2D eigenvalue weighted by atomic mass is 19.1. The molecular formula is C11H10FN3O. The van der Waals surface area contributed by atoms with Crippen LogP contribution in [0.2, 0.25) is 0 Å². The van der Waals surface area contributed by atoms with Gasteiger partial charge in [-0.3, -0.25) is 9.89 Å². The van der Waals surface area contributed by atoms with Crippen molar-refractivity contribution >= 4 is 11.7 Å². The van der Waals surface area contributed by atoms with Crippen LogP contribution >= 0.6 is 0 Å². The average molecular weight is 219 g/mol. The third-order valence-electron chi connectivity index (χ3n) is 2.12. The van der Waals surface area contributed by atoms with E-state index in [1.165, 1.54) is 18.3 Å². The monoisotopic (exact) mass is 219 g/mol. The molecule has 0 saturated carbocycles. The van der Waals surface area contributed by atoms with Gasteiger partial charge in [0, 0.05) is 6.07 Å². The van der Waals surface area contributed by atoms with Crippen LogP contribution in [0.1, 0.15) is 15.9 Å². The zero-order valence-corrected chi connectivity index (χ0v) is 8.62. The van der Waals surface area contributed by atoms with Crippen LogP contribution < -0.4 is 5.32 Å². The molecule has 0 aliphatic carbocycles. The van der Waals surface area contributed by atoms with Crippen LogP contribution in [0, 0.1) is 12.7 Å². The van der Waals surface area contributed by atoms with Crippen molar-refractivity contribution in [2.24, 2.45) is 0 Å². The molecule has 16 heavy (non-hydrogen) atoms. The lowest BCUT2D eigenvalue weighted by Crippen LogP contribution is -2.14. The lowest BCUT2D eigenvalue weighted by molar-refractivity contribution is 0.102. The van der Waals surface area contributed by atoms with Crippen LogP contribution in [-0.4, -0.2) is 16.1 Å². The molecule has 2 N–H and O–H groups in total. The molecule has 2 aromatic rings. The molecule has 4 nitrogen and oxygen atoms in total. The first-order chi connectivity index (χ1) is 7.66. The van der Waals surface area contributed by atoms with Gasteiger partial charge in [0.1, 0.15) is 11.6 Å². The van der Waals surface area contributed by atoms with Crippen molar-refractivity contribution in [2.45, 2.75) is 6.92 Å². The molecule has 0 spiro atoms. The fourth-order valence-electron chi connectivity index (χ4n) is 1.32. The number of anilines is 1. The summed E-state index contributed by atoms with van der Waals surface area (Å²) in [5.74, 6) is -0.594. The standard InChI is InChI=1S/C11H10FN3O/c1-7-2-3-8(9(12)6-7)11(16)14-10-4-5-13-15-10/h2-6H,1H3,(H2,13,14,15,16). The van der Waals surface area contributed by atoms with Crippen molar-refractivity contribution < 1.29 is 9.18 Å². The number of hydrogen-bond donors (Lipinski definition) is 2. The van der Waals surface area contributed by atoms with Crippen molar-refractivity contribution in [1.82, 2.24) is 10.2 Å². The lowest BCUT2D eigenvalue weighted by atomic mass is 10.1. The predicted octanol–water partition coefficient (Wildman–Crippen LogP) is 2.11. The van der Waals surface area contributed by atoms with Gasteiger partial charge in [-0.1, -0.05) is 6.07 Å². The summed E-state index contributed by atoms with van der Waals surface area (Å²) in [7, 11) is 0. The Hall–Kier alpha value is -2.17. The number of benzene rings is 1. The van der Waals surface area contributed by atoms with E-state index >= 15 is 0 Å². The summed E-state index contributed by atoms with van der Waals surface area (Å²) >= 11 is 0. The van der Waals surface area contributed by atoms with Crippen molar-refractivity contribution in [3.63, 3.8) is 0 Å². The number of hydrogen-bond acceptors (Lipinski definition) is 2. The summed E-state index contributed by atoms with van der Waals surface area (Å²) in [5, 5.41) is 8.74. The van der Waals surface area contributed by atoms with Crippen LogP contribution in [0.4, 0.5) is 10.2 Å². The fourth-order valence-corrected chi connectivity index (χ4v) is 1.32. The predicted molar refractivity (Wildman–Crippen MR) is 57.7 cm³/mol. The van der Waals surface area contributed by atoms with E-state index in [-0.39, 0.29) is 5.56 Å². The molecule has 0 fully saturated rings. The zero-order valence-electron chi connectivity index (χ0n) is 8.62. The third kappa shape index (κ3) is 2.08. The van der Waals surface area contributed by atoms with Crippen LogP contribution in [0.15, 0.2) is 30.5 Å². The second kappa shape index (κ2) is 4.14. The second-order valence-corrected chi connectivity index (χ2v) is 3.41. The van der Waals surface area contributed by atoms with E-state index in [0.717, 1.165) is 5.56 Å². The Labute approximate surface area is 91.5 Å². The van der Waals surface area contributed by atoms with Crippen LogP contribution in [-0.2, 0) is 0 Å². The van der Waals surface area contributed by atoms with Gasteiger partial charge < -0.3 is 5.32 Å². The first-order valence-corrected chi connectivity index (χ1v) is 4.73. The number of carbonyl (C=O) groups is 1. The molecule has 1 amide bonds. The molecular weight excluding hydrogens is 209 g/mol. The maximum Gasteiger partial charge on any atom is 0.259 e. The summed E-state index contributed by atoms with van der Waals surface area (Å²) in [6.45, 7) is 1.76. The minimum Gasteiger partial charge on any atom is -0.307 e. The Bertz CT molecular complexity index is 508. The molecule has 0 unspecified atom stereocenters. The quantitative estimate of drug-likeness (QED) is 0.812. The van der Waals surface area contributed by atoms with E-state index in [9.17, 15) is 9.18 Å². The van der Waals surface area contributed by atoms with E-state index in [0.29, 0.717) is 5.82 Å². The molecule has 1 aromatic heterocycles. The van der Waals surface area contributed by atoms with E-state index in [2.05, 4.69) is 15.5 Å². The van der Waals surface area contributed by atoms with Gasteiger partial charge in [-0.15, -0.1) is 0 Å². The summed E-state index contributed by atoms with van der Waals surface area (Å²) < 4.78 is 13.4. The minimum absolute atomic E-state index is 0.0141. The number of aromatic nitrogens is 2. The van der Waals surface area contributed by atoms with E-state index in [1.807, 2.05) is 0 Å². The number of nitrogens with zero attached hydrogens (tertiary/aromatic N) is 1. The highest BCUT2D eigenvalue weighted by Gasteiger charge is 2.11. The molecule has 0 aliphatic rings. The molecule has 82 valence electrons. The van der Waals surface area contributed by atoms with Gasteiger partial charge >= 0.3 is 0 Å². The van der Waals surface area contributed by atoms with Gasteiger partial charge in [0.05, 0.1) is 11.8 Å². The van der Waals surface area contributed by atoms with Crippen LogP contribution in [0.25, 0.3) is 0 Å². The fraction of sp³-hybridized carbons (Fsp3) is 0.0909. The number of amides is 1. The van der Waals surface area contributed by atoms with E-state index < -0.39 is 11.7 Å². The Morgan fingerprint density at radius 1 is 1.44 bits per heavy atom. The van der Waals surface area contributed by atoms with Gasteiger partial charge in [-0.2, -0.15) is 5.10 Å². The van der Waals surface area contributed by atoms with Gasteiger partial charge in [0.15, 0.2) is 0 Å². The first kappa shape index (κ1) is 10.4. The largest absolute Gasteiger partial charge is 0.307 e.